The Balaban J connectivity index is 2.22. The van der Waals surface area contributed by atoms with Crippen LogP contribution in [0.3, 0.4) is 0 Å². The Hall–Kier alpha value is -1.06. The van der Waals surface area contributed by atoms with Crippen LogP contribution in [0.4, 0.5) is 0 Å². The van der Waals surface area contributed by atoms with Crippen molar-refractivity contribution >= 4 is 11.9 Å². The van der Waals surface area contributed by atoms with Crippen molar-refractivity contribution in [3.63, 3.8) is 0 Å². The van der Waals surface area contributed by atoms with Crippen LogP contribution in [-0.4, -0.2) is 24.0 Å². The third kappa shape index (κ3) is 1.70. The molecule has 1 aliphatic carbocycles. The van der Waals surface area contributed by atoms with Crippen molar-refractivity contribution in [2.45, 2.75) is 51.5 Å². The van der Waals surface area contributed by atoms with Crippen LogP contribution >= 0.6 is 0 Å². The van der Waals surface area contributed by atoms with Crippen molar-refractivity contribution in [3.05, 3.63) is 0 Å². The summed E-state index contributed by atoms with van der Waals surface area (Å²) < 4.78 is 0. The molecule has 1 saturated carbocycles. The Bertz CT molecular complexity index is 313. The van der Waals surface area contributed by atoms with E-state index in [1.807, 2.05) is 6.92 Å². The summed E-state index contributed by atoms with van der Waals surface area (Å²) in [6.07, 6.45) is 5.53. The molecule has 0 radical (unpaired) electrons. The lowest BCUT2D eigenvalue weighted by Crippen LogP contribution is -2.54. The molecule has 90 valence electrons. The first kappa shape index (κ1) is 11.4. The summed E-state index contributed by atoms with van der Waals surface area (Å²) in [6, 6.07) is 0. The number of hydrogen-bond acceptors (Lipinski definition) is 2. The number of rotatable bonds is 2. The first-order chi connectivity index (χ1) is 7.73. The molecule has 2 rings (SSSR count). The monoisotopic (exact) mass is 223 g/mol. The predicted octanol–water partition coefficient (Wildman–Crippen LogP) is 1.42. The van der Waals surface area contributed by atoms with Gasteiger partial charge < -0.3 is 5.32 Å². The molecule has 1 spiro atoms. The molecule has 1 aliphatic heterocycles. The summed E-state index contributed by atoms with van der Waals surface area (Å²) in [5.41, 5.74) is -0.360. The van der Waals surface area contributed by atoms with Crippen molar-refractivity contribution in [2.75, 3.05) is 6.54 Å². The molecule has 2 fully saturated rings. The highest BCUT2D eigenvalue weighted by atomic mass is 16.2. The van der Waals surface area contributed by atoms with Gasteiger partial charge in [0.15, 0.2) is 5.96 Å². The normalized spacial score (nSPS) is 36.5. The number of amides is 1. The van der Waals surface area contributed by atoms with Crippen LogP contribution in [0.2, 0.25) is 0 Å². The second-order valence-electron chi connectivity index (χ2n) is 4.72. The third-order valence-corrected chi connectivity index (χ3v) is 3.86. The Kier molecular flexibility index (Phi) is 3.17. The van der Waals surface area contributed by atoms with Crippen molar-refractivity contribution in [1.82, 2.24) is 10.6 Å². The van der Waals surface area contributed by atoms with E-state index in [1.165, 1.54) is 6.42 Å². The number of aliphatic imine (C=N–C) groups is 1. The molecular weight excluding hydrogens is 202 g/mol. The highest BCUT2D eigenvalue weighted by Gasteiger charge is 2.50. The quantitative estimate of drug-likeness (QED) is 0.744. The molecule has 4 heteroatoms. The molecule has 0 aromatic rings. The molecule has 0 bridgehead atoms. The molecule has 16 heavy (non-hydrogen) atoms. The fraction of sp³-hybridized carbons (Fsp3) is 0.833. The van der Waals surface area contributed by atoms with Crippen LogP contribution in [0.5, 0.6) is 0 Å². The number of nitrogens with one attached hydrogen (secondary N) is 2. The average Bonchev–Trinajstić information content (AvgIpc) is 2.57. The third-order valence-electron chi connectivity index (χ3n) is 3.86. The molecule has 2 N–H and O–H groups in total. The zero-order valence-electron chi connectivity index (χ0n) is 10.2. The maximum atomic E-state index is 12.2. The van der Waals surface area contributed by atoms with Crippen LogP contribution in [0.15, 0.2) is 4.99 Å². The second kappa shape index (κ2) is 4.44. The number of carbonyl (C=O) groups excluding carboxylic acids is 1. The molecule has 1 heterocycles. The Morgan fingerprint density at radius 2 is 2.25 bits per heavy atom. The lowest BCUT2D eigenvalue weighted by molar-refractivity contribution is -0.127. The van der Waals surface area contributed by atoms with Gasteiger partial charge in [-0.1, -0.05) is 26.2 Å². The molecule has 2 atom stereocenters. The molecule has 4 nitrogen and oxygen atoms in total. The lowest BCUT2D eigenvalue weighted by atomic mass is 9.71. The smallest absolute Gasteiger partial charge is 0.252 e. The fourth-order valence-electron chi connectivity index (χ4n) is 3.02. The van der Waals surface area contributed by atoms with Gasteiger partial charge in [0, 0.05) is 6.54 Å². The Labute approximate surface area is 96.9 Å². The first-order valence-electron chi connectivity index (χ1n) is 6.37. The van der Waals surface area contributed by atoms with Crippen molar-refractivity contribution in [3.8, 4) is 0 Å². The summed E-state index contributed by atoms with van der Waals surface area (Å²) in [4.78, 5) is 16.4. The predicted molar refractivity (Wildman–Crippen MR) is 64.2 cm³/mol. The minimum absolute atomic E-state index is 0.131. The Morgan fingerprint density at radius 1 is 1.44 bits per heavy atom. The SMILES string of the molecule is CCN=C1NC(=O)C2(CCCCC2CC)N1. The zero-order valence-corrected chi connectivity index (χ0v) is 10.2. The Morgan fingerprint density at radius 3 is 2.94 bits per heavy atom. The summed E-state index contributed by atoms with van der Waals surface area (Å²) in [6.45, 7) is 4.85. The highest BCUT2D eigenvalue weighted by molar-refractivity contribution is 6.09. The van der Waals surface area contributed by atoms with Gasteiger partial charge in [0.2, 0.25) is 0 Å². The maximum absolute atomic E-state index is 12.2. The van der Waals surface area contributed by atoms with Gasteiger partial charge in [0.1, 0.15) is 5.54 Å². The van der Waals surface area contributed by atoms with Gasteiger partial charge in [-0.3, -0.25) is 15.1 Å². The molecule has 2 aliphatic rings. The van der Waals surface area contributed by atoms with Crippen LogP contribution in [-0.2, 0) is 4.79 Å². The van der Waals surface area contributed by atoms with Gasteiger partial charge in [0.05, 0.1) is 0 Å². The van der Waals surface area contributed by atoms with E-state index in [0.29, 0.717) is 18.4 Å². The van der Waals surface area contributed by atoms with Crippen molar-refractivity contribution < 1.29 is 4.79 Å². The molecule has 2 unspecified atom stereocenters. The van der Waals surface area contributed by atoms with E-state index < -0.39 is 0 Å². The molecule has 1 amide bonds. The van der Waals surface area contributed by atoms with Gasteiger partial charge in [-0.15, -0.1) is 0 Å². The van der Waals surface area contributed by atoms with Crippen LogP contribution in [0.25, 0.3) is 0 Å². The molecule has 0 aromatic carbocycles. The van der Waals surface area contributed by atoms with E-state index >= 15 is 0 Å². The number of guanidine groups is 1. The second-order valence-corrected chi connectivity index (χ2v) is 4.72. The zero-order chi connectivity index (χ0) is 11.6. The van der Waals surface area contributed by atoms with Crippen LogP contribution in [0, 0.1) is 5.92 Å². The fourth-order valence-corrected chi connectivity index (χ4v) is 3.02. The van der Waals surface area contributed by atoms with E-state index in [2.05, 4.69) is 22.5 Å². The lowest BCUT2D eigenvalue weighted by Gasteiger charge is -2.38. The van der Waals surface area contributed by atoms with E-state index in [4.69, 9.17) is 0 Å². The molecule has 0 aromatic heterocycles. The number of hydrogen-bond donors (Lipinski definition) is 2. The summed E-state index contributed by atoms with van der Waals surface area (Å²) in [5, 5.41) is 6.23. The summed E-state index contributed by atoms with van der Waals surface area (Å²) >= 11 is 0. The standard InChI is InChI=1S/C12H21N3O/c1-3-9-7-5-6-8-12(9)10(16)14-11(15-12)13-4-2/h9H,3-8H2,1-2H3,(H2,13,14,15,16). The van der Waals surface area contributed by atoms with Gasteiger partial charge >= 0.3 is 0 Å². The maximum Gasteiger partial charge on any atom is 0.252 e. The van der Waals surface area contributed by atoms with E-state index in [0.717, 1.165) is 25.7 Å². The summed E-state index contributed by atoms with van der Waals surface area (Å²) in [7, 11) is 0. The highest BCUT2D eigenvalue weighted by Crippen LogP contribution is 2.37. The van der Waals surface area contributed by atoms with Gasteiger partial charge in [-0.05, 0) is 25.7 Å². The van der Waals surface area contributed by atoms with Gasteiger partial charge in [-0.25, -0.2) is 0 Å². The van der Waals surface area contributed by atoms with E-state index in [1.54, 1.807) is 0 Å². The topological polar surface area (TPSA) is 53.5 Å². The molecular formula is C12H21N3O. The van der Waals surface area contributed by atoms with Gasteiger partial charge in [0.25, 0.3) is 5.91 Å². The number of carbonyl (C=O) groups is 1. The van der Waals surface area contributed by atoms with Crippen molar-refractivity contribution in [1.29, 1.82) is 0 Å². The average molecular weight is 223 g/mol. The van der Waals surface area contributed by atoms with E-state index in [-0.39, 0.29) is 11.4 Å². The van der Waals surface area contributed by atoms with Crippen LogP contribution in [0.1, 0.15) is 46.0 Å². The minimum Gasteiger partial charge on any atom is -0.341 e. The largest absolute Gasteiger partial charge is 0.341 e. The first-order valence-corrected chi connectivity index (χ1v) is 6.37. The minimum atomic E-state index is -0.360. The van der Waals surface area contributed by atoms with Crippen molar-refractivity contribution in [2.24, 2.45) is 10.9 Å². The molecule has 1 saturated heterocycles. The van der Waals surface area contributed by atoms with Crippen LogP contribution < -0.4 is 10.6 Å². The number of nitrogens with zero attached hydrogens (tertiary/aromatic N) is 1. The summed E-state index contributed by atoms with van der Waals surface area (Å²) in [5.74, 6) is 1.25. The van der Waals surface area contributed by atoms with Gasteiger partial charge in [-0.2, -0.15) is 0 Å². The van der Waals surface area contributed by atoms with E-state index in [9.17, 15) is 4.79 Å².